The van der Waals surface area contributed by atoms with Gasteiger partial charge in [0.15, 0.2) is 0 Å². The molecule has 3 amide bonds. The molecule has 0 bridgehead atoms. The normalized spacial score (nSPS) is 25.0. The van der Waals surface area contributed by atoms with Crippen molar-refractivity contribution in [3.8, 4) is 0 Å². The number of amides is 3. The van der Waals surface area contributed by atoms with E-state index in [4.69, 9.17) is 5.11 Å². The van der Waals surface area contributed by atoms with Crippen molar-refractivity contribution in [3.05, 3.63) is 29.8 Å². The van der Waals surface area contributed by atoms with Crippen LogP contribution in [0.25, 0.3) is 0 Å². The Labute approximate surface area is 152 Å². The first kappa shape index (κ1) is 16.9. The molecule has 26 heavy (non-hydrogen) atoms. The number of piperidine rings is 2. The number of carbonyl (C=O) groups is 3. The number of carboxylic acid groups (broad SMARTS) is 1. The van der Waals surface area contributed by atoms with E-state index < -0.39 is 6.09 Å². The Hall–Kier alpha value is -2.57. The maximum absolute atomic E-state index is 12.1. The molecule has 0 aliphatic carbocycles. The zero-order valence-electron chi connectivity index (χ0n) is 14.6. The average molecular weight is 357 g/mol. The Morgan fingerprint density at radius 3 is 2.58 bits per heavy atom. The van der Waals surface area contributed by atoms with E-state index in [1.165, 1.54) is 4.90 Å². The van der Waals surface area contributed by atoms with Crippen molar-refractivity contribution in [1.29, 1.82) is 0 Å². The Bertz CT molecular complexity index is 747. The SMILES string of the molecule is O=C1CCC(c2cccc(N3CCC4(CC3)CN(C(=O)O)C4)c2)C(=O)N1. The van der Waals surface area contributed by atoms with Crippen LogP contribution >= 0.6 is 0 Å². The number of hydrogen-bond acceptors (Lipinski definition) is 4. The molecule has 0 aromatic heterocycles. The summed E-state index contributed by atoms with van der Waals surface area (Å²) >= 11 is 0. The first-order valence-corrected chi connectivity index (χ1v) is 9.12. The highest BCUT2D eigenvalue weighted by atomic mass is 16.4. The van der Waals surface area contributed by atoms with Crippen LogP contribution in [0.15, 0.2) is 24.3 Å². The summed E-state index contributed by atoms with van der Waals surface area (Å²) in [7, 11) is 0. The highest BCUT2D eigenvalue weighted by Crippen LogP contribution is 2.41. The number of hydrogen-bond donors (Lipinski definition) is 2. The number of nitrogens with one attached hydrogen (secondary N) is 1. The monoisotopic (exact) mass is 357 g/mol. The van der Waals surface area contributed by atoms with E-state index in [1.54, 1.807) is 0 Å². The molecule has 0 saturated carbocycles. The summed E-state index contributed by atoms with van der Waals surface area (Å²) in [6, 6.07) is 8.03. The maximum Gasteiger partial charge on any atom is 0.407 e. The lowest BCUT2D eigenvalue weighted by Crippen LogP contribution is -2.61. The molecule has 3 aliphatic heterocycles. The van der Waals surface area contributed by atoms with Crippen molar-refractivity contribution in [2.75, 3.05) is 31.1 Å². The third-order valence-electron chi connectivity index (χ3n) is 6.02. The van der Waals surface area contributed by atoms with Crippen LogP contribution in [0.4, 0.5) is 10.5 Å². The topological polar surface area (TPSA) is 90.0 Å². The van der Waals surface area contributed by atoms with E-state index in [-0.39, 0.29) is 23.1 Å². The van der Waals surface area contributed by atoms with Crippen LogP contribution < -0.4 is 10.2 Å². The van der Waals surface area contributed by atoms with Gasteiger partial charge in [0, 0.05) is 43.7 Å². The van der Waals surface area contributed by atoms with E-state index in [0.717, 1.165) is 37.2 Å². The first-order valence-electron chi connectivity index (χ1n) is 9.12. The number of benzene rings is 1. The van der Waals surface area contributed by atoms with Crippen molar-refractivity contribution >= 4 is 23.6 Å². The minimum Gasteiger partial charge on any atom is -0.465 e. The number of rotatable bonds is 2. The predicted molar refractivity (Wildman–Crippen MR) is 95.0 cm³/mol. The maximum atomic E-state index is 12.1. The quantitative estimate of drug-likeness (QED) is 0.788. The molecular formula is C19H23N3O4. The Balaban J connectivity index is 1.41. The third-order valence-corrected chi connectivity index (χ3v) is 6.02. The first-order chi connectivity index (χ1) is 12.5. The van der Waals surface area contributed by atoms with E-state index in [1.807, 2.05) is 12.1 Å². The summed E-state index contributed by atoms with van der Waals surface area (Å²) in [6.07, 6.45) is 2.09. The van der Waals surface area contributed by atoms with Gasteiger partial charge in [-0.15, -0.1) is 0 Å². The van der Waals surface area contributed by atoms with Crippen LogP contribution in [0, 0.1) is 5.41 Å². The number of anilines is 1. The van der Waals surface area contributed by atoms with Crippen LogP contribution in [0.2, 0.25) is 0 Å². The van der Waals surface area contributed by atoms with Crippen LogP contribution in [-0.2, 0) is 9.59 Å². The molecule has 0 radical (unpaired) electrons. The lowest BCUT2D eigenvalue weighted by Gasteiger charge is -2.53. The van der Waals surface area contributed by atoms with Crippen LogP contribution in [-0.4, -0.2) is 54.1 Å². The van der Waals surface area contributed by atoms with Gasteiger partial charge in [0.25, 0.3) is 0 Å². The van der Waals surface area contributed by atoms with Gasteiger partial charge in [-0.25, -0.2) is 4.79 Å². The lowest BCUT2D eigenvalue weighted by atomic mass is 9.72. The summed E-state index contributed by atoms with van der Waals surface area (Å²) in [5.41, 5.74) is 2.20. The molecule has 3 fully saturated rings. The van der Waals surface area contributed by atoms with E-state index in [2.05, 4.69) is 22.3 Å². The molecular weight excluding hydrogens is 334 g/mol. The van der Waals surface area contributed by atoms with Crippen molar-refractivity contribution < 1.29 is 19.5 Å². The number of nitrogens with zero attached hydrogens (tertiary/aromatic N) is 2. The van der Waals surface area contributed by atoms with Gasteiger partial charge in [0.05, 0.1) is 5.92 Å². The molecule has 1 unspecified atom stereocenters. The summed E-state index contributed by atoms with van der Waals surface area (Å²) in [4.78, 5) is 38.2. The van der Waals surface area contributed by atoms with Gasteiger partial charge in [0.1, 0.15) is 0 Å². The molecule has 2 N–H and O–H groups in total. The molecule has 1 aromatic rings. The number of imide groups is 1. The van der Waals surface area contributed by atoms with Gasteiger partial charge in [-0.1, -0.05) is 12.1 Å². The zero-order chi connectivity index (χ0) is 18.3. The van der Waals surface area contributed by atoms with Crippen LogP contribution in [0.5, 0.6) is 0 Å². The van der Waals surface area contributed by atoms with Crippen molar-refractivity contribution in [2.45, 2.75) is 31.6 Å². The highest BCUT2D eigenvalue weighted by Gasteiger charge is 2.46. The largest absolute Gasteiger partial charge is 0.465 e. The second-order valence-corrected chi connectivity index (χ2v) is 7.72. The van der Waals surface area contributed by atoms with Crippen LogP contribution in [0.3, 0.4) is 0 Å². The highest BCUT2D eigenvalue weighted by molar-refractivity contribution is 6.01. The van der Waals surface area contributed by atoms with Crippen molar-refractivity contribution in [3.63, 3.8) is 0 Å². The van der Waals surface area contributed by atoms with Gasteiger partial charge in [0.2, 0.25) is 11.8 Å². The molecule has 138 valence electrons. The minimum absolute atomic E-state index is 0.149. The zero-order valence-corrected chi connectivity index (χ0v) is 14.6. The second kappa shape index (κ2) is 6.30. The molecule has 3 heterocycles. The fraction of sp³-hybridized carbons (Fsp3) is 0.526. The smallest absolute Gasteiger partial charge is 0.407 e. The molecule has 3 aliphatic rings. The Morgan fingerprint density at radius 1 is 1.19 bits per heavy atom. The molecule has 1 atom stereocenters. The fourth-order valence-electron chi connectivity index (χ4n) is 4.40. The lowest BCUT2D eigenvalue weighted by molar-refractivity contribution is -0.134. The van der Waals surface area contributed by atoms with Crippen LogP contribution in [0.1, 0.15) is 37.2 Å². The summed E-state index contributed by atoms with van der Waals surface area (Å²) < 4.78 is 0. The van der Waals surface area contributed by atoms with Crippen molar-refractivity contribution in [2.24, 2.45) is 5.41 Å². The van der Waals surface area contributed by atoms with Crippen molar-refractivity contribution in [1.82, 2.24) is 10.2 Å². The average Bonchev–Trinajstić information content (AvgIpc) is 2.60. The Morgan fingerprint density at radius 2 is 1.92 bits per heavy atom. The summed E-state index contributed by atoms with van der Waals surface area (Å²) in [5.74, 6) is -0.668. The number of likely N-dealkylation sites (tertiary alicyclic amines) is 1. The third kappa shape index (κ3) is 3.02. The van der Waals surface area contributed by atoms with Gasteiger partial charge in [-0.2, -0.15) is 0 Å². The molecule has 1 aromatic carbocycles. The fourth-order valence-corrected chi connectivity index (χ4v) is 4.40. The van der Waals surface area contributed by atoms with Gasteiger partial charge in [-0.05, 0) is 37.0 Å². The predicted octanol–water partition coefficient (Wildman–Crippen LogP) is 1.79. The summed E-state index contributed by atoms with van der Waals surface area (Å²) in [6.45, 7) is 3.08. The standard InChI is InChI=1S/C19H23N3O4/c23-16-5-4-15(17(24)20-16)13-2-1-3-14(10-13)21-8-6-19(7-9-21)11-22(12-19)18(25)26/h1-3,10,15H,4-9,11-12H2,(H,25,26)(H,20,23,24). The van der Waals surface area contributed by atoms with Gasteiger partial charge >= 0.3 is 6.09 Å². The molecule has 3 saturated heterocycles. The number of carbonyl (C=O) groups excluding carboxylic acids is 2. The van der Waals surface area contributed by atoms with Gasteiger partial charge in [-0.3, -0.25) is 14.9 Å². The molecule has 7 heteroatoms. The van der Waals surface area contributed by atoms with E-state index in [9.17, 15) is 14.4 Å². The summed E-state index contributed by atoms with van der Waals surface area (Å²) in [5, 5.41) is 11.5. The van der Waals surface area contributed by atoms with E-state index >= 15 is 0 Å². The van der Waals surface area contributed by atoms with E-state index in [0.29, 0.717) is 25.9 Å². The minimum atomic E-state index is -0.824. The van der Waals surface area contributed by atoms with Gasteiger partial charge < -0.3 is 14.9 Å². The Kier molecular flexibility index (Phi) is 4.09. The molecule has 1 spiro atoms. The second-order valence-electron chi connectivity index (χ2n) is 7.72. The molecule has 7 nitrogen and oxygen atoms in total. The molecule has 4 rings (SSSR count).